The molecule has 0 saturated carbocycles. The predicted molar refractivity (Wildman–Crippen MR) is 141 cm³/mol. The average molecular weight is 532 g/mol. The molecule has 0 bridgehead atoms. The molecule has 0 N–H and O–H groups in total. The number of amides is 2. The van der Waals surface area contributed by atoms with Gasteiger partial charge >= 0.3 is 0 Å². The van der Waals surface area contributed by atoms with Gasteiger partial charge in [-0.25, -0.2) is 8.42 Å². The Hall–Kier alpha value is -2.56. The van der Waals surface area contributed by atoms with Gasteiger partial charge in [0.15, 0.2) is 0 Å². The Bertz CT molecular complexity index is 1200. The number of fused-ring (bicyclic) bond motifs is 1. The van der Waals surface area contributed by atoms with E-state index in [1.807, 2.05) is 42.7 Å². The highest BCUT2D eigenvalue weighted by Crippen LogP contribution is 2.43. The number of carbonyl (C=O) groups is 2. The first-order valence-electron chi connectivity index (χ1n) is 12.3. The highest BCUT2D eigenvalue weighted by atomic mass is 32.2. The van der Waals surface area contributed by atoms with E-state index in [0.717, 1.165) is 29.8 Å². The van der Waals surface area contributed by atoms with Crippen LogP contribution >= 0.6 is 11.8 Å². The van der Waals surface area contributed by atoms with Crippen molar-refractivity contribution in [3.63, 3.8) is 0 Å². The molecule has 2 aliphatic rings. The van der Waals surface area contributed by atoms with Crippen molar-refractivity contribution in [1.29, 1.82) is 0 Å². The summed E-state index contributed by atoms with van der Waals surface area (Å²) in [6.07, 6.45) is 5.05. The van der Waals surface area contributed by atoms with E-state index in [1.54, 1.807) is 13.1 Å². The number of unbranched alkanes of at least 4 members (excludes halogenated alkanes) is 1. The van der Waals surface area contributed by atoms with Gasteiger partial charge in [0.25, 0.3) is 0 Å². The zero-order valence-electron chi connectivity index (χ0n) is 21.0. The molecule has 0 aromatic heterocycles. The van der Waals surface area contributed by atoms with Gasteiger partial charge in [-0.3, -0.25) is 14.5 Å². The molecule has 2 aromatic carbocycles. The van der Waals surface area contributed by atoms with Crippen LogP contribution in [-0.4, -0.2) is 68.5 Å². The number of likely N-dealkylation sites (tertiary alicyclic amines) is 1. The maximum absolute atomic E-state index is 13.8. The summed E-state index contributed by atoms with van der Waals surface area (Å²) in [4.78, 5) is 28.1. The summed E-state index contributed by atoms with van der Waals surface area (Å²) in [6.45, 7) is 2.89. The summed E-state index contributed by atoms with van der Waals surface area (Å²) in [7, 11) is -2.15. The minimum absolute atomic E-state index is 0.0985. The van der Waals surface area contributed by atoms with Crippen LogP contribution in [0.25, 0.3) is 0 Å². The van der Waals surface area contributed by atoms with E-state index in [-0.39, 0.29) is 48.7 Å². The van der Waals surface area contributed by atoms with Gasteiger partial charge in [0.2, 0.25) is 21.8 Å². The van der Waals surface area contributed by atoms with E-state index < -0.39 is 10.0 Å². The van der Waals surface area contributed by atoms with Gasteiger partial charge in [-0.2, -0.15) is 4.31 Å². The quantitative estimate of drug-likeness (QED) is 0.353. The summed E-state index contributed by atoms with van der Waals surface area (Å²) in [5, 5.41) is 0. The summed E-state index contributed by atoms with van der Waals surface area (Å²) >= 11 is 1.46. The molecule has 2 heterocycles. The lowest BCUT2D eigenvalue weighted by molar-refractivity contribution is -0.138. The number of para-hydroxylation sites is 1. The molecule has 2 amide bonds. The fourth-order valence-corrected chi connectivity index (χ4v) is 6.79. The molecule has 1 unspecified atom stereocenters. The lowest BCUT2D eigenvalue weighted by Gasteiger charge is -2.29. The molecule has 1 saturated heterocycles. The summed E-state index contributed by atoms with van der Waals surface area (Å²) in [5.74, 6) is 0.0326. The van der Waals surface area contributed by atoms with Crippen molar-refractivity contribution in [3.8, 4) is 5.75 Å². The molecule has 0 aliphatic carbocycles. The Balaban J connectivity index is 1.73. The van der Waals surface area contributed by atoms with E-state index in [0.29, 0.717) is 18.0 Å². The van der Waals surface area contributed by atoms with Crippen LogP contribution in [0.1, 0.15) is 39.0 Å². The second kappa shape index (κ2) is 11.2. The molecule has 4 rings (SSSR count). The molecule has 1 atom stereocenters. The van der Waals surface area contributed by atoms with E-state index in [9.17, 15) is 18.0 Å². The van der Waals surface area contributed by atoms with Crippen LogP contribution in [0.5, 0.6) is 5.75 Å². The molecular formula is C26H33N3O5S2. The van der Waals surface area contributed by atoms with Crippen LogP contribution in [0.15, 0.2) is 52.3 Å². The number of nitrogens with zero attached hydrogens (tertiary/aromatic N) is 3. The minimum atomic E-state index is -3.80. The van der Waals surface area contributed by atoms with E-state index >= 15 is 0 Å². The maximum Gasteiger partial charge on any atom is 0.245 e. The summed E-state index contributed by atoms with van der Waals surface area (Å²) in [5.41, 5.74) is 1.55. The van der Waals surface area contributed by atoms with Crippen LogP contribution in [-0.2, 0) is 19.6 Å². The van der Waals surface area contributed by atoms with Gasteiger partial charge in [-0.05, 0) is 30.9 Å². The number of anilines is 2. The molecule has 0 radical (unpaired) electrons. The van der Waals surface area contributed by atoms with Crippen molar-refractivity contribution in [2.24, 2.45) is 0 Å². The van der Waals surface area contributed by atoms with Crippen LogP contribution in [0, 0.1) is 0 Å². The van der Waals surface area contributed by atoms with Gasteiger partial charge in [-0.1, -0.05) is 38.0 Å². The smallest absolute Gasteiger partial charge is 0.245 e. The topological polar surface area (TPSA) is 87.2 Å². The SMILES string of the molecule is CCCCC1CN(c2ccccc2)c2cc(SC)c(OCCN3C(=O)CCC3=O)cc2S(=O)(=O)N1C. The van der Waals surface area contributed by atoms with Gasteiger partial charge in [0, 0.05) is 44.2 Å². The van der Waals surface area contributed by atoms with Crippen molar-refractivity contribution in [2.45, 2.75) is 54.9 Å². The highest BCUT2D eigenvalue weighted by Gasteiger charge is 2.37. The predicted octanol–water partition coefficient (Wildman–Crippen LogP) is 4.27. The van der Waals surface area contributed by atoms with Crippen molar-refractivity contribution < 1.29 is 22.7 Å². The Morgan fingerprint density at radius 1 is 1.08 bits per heavy atom. The number of rotatable bonds is 9. The third-order valence-corrected chi connectivity index (χ3v) is 9.48. The molecule has 0 spiro atoms. The van der Waals surface area contributed by atoms with Crippen LogP contribution in [0.4, 0.5) is 11.4 Å². The van der Waals surface area contributed by atoms with Gasteiger partial charge in [0.1, 0.15) is 17.3 Å². The minimum Gasteiger partial charge on any atom is -0.491 e. The van der Waals surface area contributed by atoms with Gasteiger partial charge in [0.05, 0.1) is 17.1 Å². The van der Waals surface area contributed by atoms with E-state index in [1.165, 1.54) is 21.0 Å². The number of ether oxygens (including phenoxy) is 1. The molecule has 36 heavy (non-hydrogen) atoms. The number of hydrogen-bond donors (Lipinski definition) is 0. The molecule has 8 nitrogen and oxygen atoms in total. The number of thioether (sulfide) groups is 1. The van der Waals surface area contributed by atoms with Crippen molar-refractivity contribution >= 4 is 45.0 Å². The van der Waals surface area contributed by atoms with Crippen molar-refractivity contribution in [3.05, 3.63) is 42.5 Å². The Kier molecular flexibility index (Phi) is 8.27. The molecule has 194 valence electrons. The van der Waals surface area contributed by atoms with Gasteiger partial charge in [-0.15, -0.1) is 11.8 Å². The average Bonchev–Trinajstić information content (AvgIpc) is 3.17. The second-order valence-corrected chi connectivity index (χ2v) is 11.8. The fourth-order valence-electron chi connectivity index (χ4n) is 4.68. The maximum atomic E-state index is 13.8. The Morgan fingerprint density at radius 2 is 1.78 bits per heavy atom. The highest BCUT2D eigenvalue weighted by molar-refractivity contribution is 7.98. The van der Waals surface area contributed by atoms with E-state index in [4.69, 9.17) is 4.74 Å². The zero-order valence-corrected chi connectivity index (χ0v) is 22.6. The number of benzene rings is 2. The normalized spacial score (nSPS) is 19.9. The van der Waals surface area contributed by atoms with Gasteiger partial charge < -0.3 is 9.64 Å². The monoisotopic (exact) mass is 531 g/mol. The van der Waals surface area contributed by atoms with E-state index in [2.05, 4.69) is 11.8 Å². The molecule has 2 aliphatic heterocycles. The first-order chi connectivity index (χ1) is 17.3. The largest absolute Gasteiger partial charge is 0.491 e. The molecule has 10 heteroatoms. The third-order valence-electron chi connectivity index (χ3n) is 6.79. The van der Waals surface area contributed by atoms with Crippen LogP contribution in [0.2, 0.25) is 0 Å². The fraction of sp³-hybridized carbons (Fsp3) is 0.462. The van der Waals surface area contributed by atoms with Crippen molar-refractivity contribution in [1.82, 2.24) is 9.21 Å². The third kappa shape index (κ3) is 5.26. The lowest BCUT2D eigenvalue weighted by Crippen LogP contribution is -2.40. The Morgan fingerprint density at radius 3 is 2.42 bits per heavy atom. The number of sulfonamides is 1. The number of imide groups is 1. The summed E-state index contributed by atoms with van der Waals surface area (Å²) < 4.78 is 35.2. The standard InChI is InChI=1S/C26H33N3O5S2/c1-4-5-9-20-18-29(19-10-7-6-8-11-19)21-16-23(35-3)22(17-24(21)36(32,33)27(20)2)34-15-14-28-25(30)12-13-26(28)31/h6-8,10-11,16-17,20H,4-5,9,12-15,18H2,1-3H3. The molecular weight excluding hydrogens is 498 g/mol. The molecule has 2 aromatic rings. The summed E-state index contributed by atoms with van der Waals surface area (Å²) in [6, 6.07) is 13.1. The zero-order chi connectivity index (χ0) is 25.9. The second-order valence-electron chi connectivity index (χ2n) is 9.02. The Labute approximate surface area is 217 Å². The van der Waals surface area contributed by atoms with Crippen molar-refractivity contribution in [2.75, 3.05) is 37.9 Å². The van der Waals surface area contributed by atoms with Crippen LogP contribution < -0.4 is 9.64 Å². The first-order valence-corrected chi connectivity index (χ1v) is 14.9. The van der Waals surface area contributed by atoms with Crippen LogP contribution in [0.3, 0.4) is 0 Å². The number of likely N-dealkylation sites (N-methyl/N-ethyl adjacent to an activating group) is 1. The lowest BCUT2D eigenvalue weighted by atomic mass is 10.1. The number of carbonyl (C=O) groups excluding carboxylic acids is 2. The molecule has 1 fully saturated rings. The first kappa shape index (κ1) is 26.5. The number of hydrogen-bond acceptors (Lipinski definition) is 7.